The molecule has 0 saturated carbocycles. The SMILES string of the molecule is COC(=O)CC[C@@H](NC(=O)c1cc(C=O)ccc1O)C(=O)OC. The van der Waals surface area contributed by atoms with Crippen molar-refractivity contribution in [1.82, 2.24) is 5.32 Å². The standard InChI is InChI=1S/C15H17NO7/c1-22-13(19)6-4-11(15(21)23-2)16-14(20)10-7-9(8-17)3-5-12(10)18/h3,5,7-8,11,18H,4,6H2,1-2H3,(H,16,20)/t11-/m1/s1. The minimum Gasteiger partial charge on any atom is -0.507 e. The van der Waals surface area contributed by atoms with Gasteiger partial charge < -0.3 is 19.9 Å². The summed E-state index contributed by atoms with van der Waals surface area (Å²) in [4.78, 5) is 45.7. The molecule has 23 heavy (non-hydrogen) atoms. The van der Waals surface area contributed by atoms with Gasteiger partial charge in [0.25, 0.3) is 5.91 Å². The lowest BCUT2D eigenvalue weighted by Gasteiger charge is -2.16. The number of amides is 1. The maximum atomic E-state index is 12.2. The van der Waals surface area contributed by atoms with Crippen molar-refractivity contribution in [3.05, 3.63) is 29.3 Å². The lowest BCUT2D eigenvalue weighted by atomic mass is 10.1. The molecule has 8 heteroatoms. The van der Waals surface area contributed by atoms with Gasteiger partial charge in [-0.3, -0.25) is 14.4 Å². The Morgan fingerprint density at radius 3 is 2.52 bits per heavy atom. The number of methoxy groups -OCH3 is 2. The monoisotopic (exact) mass is 323 g/mol. The van der Waals surface area contributed by atoms with Crippen molar-refractivity contribution in [2.75, 3.05) is 14.2 Å². The molecular weight excluding hydrogens is 306 g/mol. The van der Waals surface area contributed by atoms with Crippen LogP contribution in [0.4, 0.5) is 0 Å². The van der Waals surface area contributed by atoms with E-state index in [9.17, 15) is 24.3 Å². The lowest BCUT2D eigenvalue weighted by molar-refractivity contribution is -0.144. The summed E-state index contributed by atoms with van der Waals surface area (Å²) in [5.41, 5.74) is 0.0266. The minimum absolute atomic E-state index is 0.0286. The number of rotatable bonds is 7. The molecule has 0 bridgehead atoms. The number of phenolic OH excluding ortho intramolecular Hbond substituents is 1. The van der Waals surface area contributed by atoms with E-state index in [1.54, 1.807) is 0 Å². The highest BCUT2D eigenvalue weighted by molar-refractivity contribution is 6.00. The van der Waals surface area contributed by atoms with E-state index in [0.717, 1.165) is 7.11 Å². The van der Waals surface area contributed by atoms with Gasteiger partial charge in [-0.25, -0.2) is 4.79 Å². The Morgan fingerprint density at radius 2 is 1.96 bits per heavy atom. The zero-order valence-corrected chi connectivity index (χ0v) is 12.7. The number of phenols is 1. The maximum absolute atomic E-state index is 12.2. The van der Waals surface area contributed by atoms with Crippen LogP contribution in [0.2, 0.25) is 0 Å². The van der Waals surface area contributed by atoms with Crippen molar-refractivity contribution in [1.29, 1.82) is 0 Å². The first kappa shape index (κ1) is 18.1. The predicted molar refractivity (Wildman–Crippen MR) is 78.0 cm³/mol. The highest BCUT2D eigenvalue weighted by Gasteiger charge is 2.24. The molecule has 124 valence electrons. The van der Waals surface area contributed by atoms with Gasteiger partial charge >= 0.3 is 11.9 Å². The first-order valence-corrected chi connectivity index (χ1v) is 6.66. The first-order chi connectivity index (χ1) is 10.9. The third-order valence-corrected chi connectivity index (χ3v) is 3.06. The van der Waals surface area contributed by atoms with Crippen molar-refractivity contribution >= 4 is 24.1 Å². The second-order valence-electron chi connectivity index (χ2n) is 4.56. The quantitative estimate of drug-likeness (QED) is 0.551. The van der Waals surface area contributed by atoms with Gasteiger partial charge in [0, 0.05) is 12.0 Å². The van der Waals surface area contributed by atoms with Crippen LogP contribution in [0.25, 0.3) is 0 Å². The Hall–Kier alpha value is -2.90. The summed E-state index contributed by atoms with van der Waals surface area (Å²) in [6.07, 6.45) is 0.390. The largest absolute Gasteiger partial charge is 0.507 e. The molecule has 0 aliphatic rings. The van der Waals surface area contributed by atoms with Crippen LogP contribution in [0.3, 0.4) is 0 Å². The molecule has 1 rings (SSSR count). The van der Waals surface area contributed by atoms with E-state index in [4.69, 9.17) is 0 Å². The van der Waals surface area contributed by atoms with Crippen molar-refractivity contribution in [3.8, 4) is 5.75 Å². The number of nitrogens with one attached hydrogen (secondary N) is 1. The number of aromatic hydroxyl groups is 1. The molecule has 0 fully saturated rings. The van der Waals surface area contributed by atoms with E-state index in [1.165, 1.54) is 25.3 Å². The van der Waals surface area contributed by atoms with Gasteiger partial charge in [0.15, 0.2) is 0 Å². The molecule has 0 aliphatic heterocycles. The fourth-order valence-electron chi connectivity index (χ4n) is 1.80. The molecule has 1 aromatic carbocycles. The van der Waals surface area contributed by atoms with Gasteiger partial charge in [0.1, 0.15) is 18.1 Å². The van der Waals surface area contributed by atoms with Crippen LogP contribution in [0.15, 0.2) is 18.2 Å². The second-order valence-corrected chi connectivity index (χ2v) is 4.56. The van der Waals surface area contributed by atoms with Gasteiger partial charge in [-0.1, -0.05) is 0 Å². The van der Waals surface area contributed by atoms with Gasteiger partial charge in [0.2, 0.25) is 0 Å². The van der Waals surface area contributed by atoms with Gasteiger partial charge in [-0.2, -0.15) is 0 Å². The number of hydrogen-bond donors (Lipinski definition) is 2. The topological polar surface area (TPSA) is 119 Å². The molecule has 2 N–H and O–H groups in total. The molecule has 1 aromatic rings. The van der Waals surface area contributed by atoms with Crippen LogP contribution < -0.4 is 5.32 Å². The molecule has 1 amide bonds. The molecule has 0 radical (unpaired) electrons. The smallest absolute Gasteiger partial charge is 0.328 e. The number of hydrogen-bond acceptors (Lipinski definition) is 7. The number of aldehydes is 1. The van der Waals surface area contributed by atoms with Crippen molar-refractivity contribution in [2.24, 2.45) is 0 Å². The zero-order valence-electron chi connectivity index (χ0n) is 12.7. The van der Waals surface area contributed by atoms with Crippen molar-refractivity contribution in [3.63, 3.8) is 0 Å². The fraction of sp³-hybridized carbons (Fsp3) is 0.333. The Balaban J connectivity index is 2.90. The molecule has 1 atom stereocenters. The zero-order chi connectivity index (χ0) is 17.4. The second kappa shape index (κ2) is 8.52. The Bertz CT molecular complexity index is 612. The van der Waals surface area contributed by atoms with Crippen molar-refractivity contribution in [2.45, 2.75) is 18.9 Å². The molecule has 0 saturated heterocycles. The molecule has 0 aliphatic carbocycles. The molecule has 0 spiro atoms. The number of esters is 2. The Labute approximate surface area is 132 Å². The molecule has 8 nitrogen and oxygen atoms in total. The highest BCUT2D eigenvalue weighted by atomic mass is 16.5. The van der Waals surface area contributed by atoms with E-state index < -0.39 is 23.9 Å². The van der Waals surface area contributed by atoms with Crippen LogP contribution in [0.1, 0.15) is 33.6 Å². The summed E-state index contributed by atoms with van der Waals surface area (Å²) < 4.78 is 9.04. The van der Waals surface area contributed by atoms with Gasteiger partial charge in [-0.05, 0) is 24.6 Å². The molecule has 0 unspecified atom stereocenters. The van der Waals surface area contributed by atoms with Crippen LogP contribution in [0.5, 0.6) is 5.75 Å². The van der Waals surface area contributed by atoms with E-state index in [1.807, 2.05) is 0 Å². The van der Waals surface area contributed by atoms with Crippen LogP contribution in [0, 0.1) is 0 Å². The average molecular weight is 323 g/mol. The third kappa shape index (κ3) is 5.10. The minimum atomic E-state index is -1.09. The molecular formula is C15H17NO7. The van der Waals surface area contributed by atoms with Crippen molar-refractivity contribution < 1.29 is 33.8 Å². The number of carbonyl (C=O) groups is 4. The highest BCUT2D eigenvalue weighted by Crippen LogP contribution is 2.18. The van der Waals surface area contributed by atoms with Gasteiger partial charge in [-0.15, -0.1) is 0 Å². The lowest BCUT2D eigenvalue weighted by Crippen LogP contribution is -2.42. The van der Waals surface area contributed by atoms with Crippen LogP contribution in [-0.2, 0) is 19.1 Å². The van der Waals surface area contributed by atoms with E-state index in [0.29, 0.717) is 6.29 Å². The predicted octanol–water partition coefficient (Wildman–Crippen LogP) is 0.429. The van der Waals surface area contributed by atoms with Crippen LogP contribution >= 0.6 is 0 Å². The van der Waals surface area contributed by atoms with E-state index in [-0.39, 0.29) is 29.7 Å². The molecule has 0 aromatic heterocycles. The normalized spacial score (nSPS) is 11.2. The summed E-state index contributed by atoms with van der Waals surface area (Å²) in [5.74, 6) is -2.40. The molecule has 0 heterocycles. The average Bonchev–Trinajstić information content (AvgIpc) is 2.57. The number of carbonyl (C=O) groups excluding carboxylic acids is 4. The van der Waals surface area contributed by atoms with E-state index in [2.05, 4.69) is 14.8 Å². The summed E-state index contributed by atoms with van der Waals surface area (Å²) in [7, 11) is 2.35. The fourth-order valence-corrected chi connectivity index (χ4v) is 1.80. The first-order valence-electron chi connectivity index (χ1n) is 6.66. The maximum Gasteiger partial charge on any atom is 0.328 e. The third-order valence-electron chi connectivity index (χ3n) is 3.06. The summed E-state index contributed by atoms with van der Waals surface area (Å²) in [6, 6.07) is 2.63. The summed E-state index contributed by atoms with van der Waals surface area (Å²) in [6.45, 7) is 0. The summed E-state index contributed by atoms with van der Waals surface area (Å²) >= 11 is 0. The van der Waals surface area contributed by atoms with Gasteiger partial charge in [0.05, 0.1) is 19.8 Å². The number of benzene rings is 1. The summed E-state index contributed by atoms with van der Waals surface area (Å²) in [5, 5.41) is 12.1. The van der Waals surface area contributed by atoms with Crippen LogP contribution in [-0.4, -0.2) is 49.5 Å². The Kier molecular flexibility index (Phi) is 6.72. The number of ether oxygens (including phenoxy) is 2. The van der Waals surface area contributed by atoms with E-state index >= 15 is 0 Å². The Morgan fingerprint density at radius 1 is 1.26 bits per heavy atom.